The minimum absolute atomic E-state index is 0.0654. The fourth-order valence-electron chi connectivity index (χ4n) is 2.74. The molecule has 3 heteroatoms. The van der Waals surface area contributed by atoms with Gasteiger partial charge in [-0.1, -0.05) is 59.7 Å². The SMILES string of the molecule is Cc1ccc([C@H]2CSC[C@@H](c3ccc(C)cc3)N2O)cc1. The summed E-state index contributed by atoms with van der Waals surface area (Å²) in [4.78, 5) is 0. The highest BCUT2D eigenvalue weighted by Gasteiger charge is 2.31. The van der Waals surface area contributed by atoms with E-state index in [9.17, 15) is 5.21 Å². The molecule has 0 aromatic heterocycles. The monoisotopic (exact) mass is 299 g/mol. The van der Waals surface area contributed by atoms with Gasteiger partial charge in [0, 0.05) is 11.5 Å². The van der Waals surface area contributed by atoms with Crippen molar-refractivity contribution in [3.05, 3.63) is 70.8 Å². The highest BCUT2D eigenvalue weighted by atomic mass is 32.2. The number of hydrogen-bond acceptors (Lipinski definition) is 3. The van der Waals surface area contributed by atoms with Gasteiger partial charge in [0.25, 0.3) is 0 Å². The van der Waals surface area contributed by atoms with Crippen LogP contribution in [0.5, 0.6) is 0 Å². The predicted octanol–water partition coefficient (Wildman–Crippen LogP) is 4.52. The molecule has 0 bridgehead atoms. The number of benzene rings is 2. The third-order valence-corrected chi connectivity index (χ3v) is 5.22. The highest BCUT2D eigenvalue weighted by Crippen LogP contribution is 2.38. The van der Waals surface area contributed by atoms with E-state index in [0.29, 0.717) is 0 Å². The second-order valence-corrected chi connectivity index (χ2v) is 6.85. The summed E-state index contributed by atoms with van der Waals surface area (Å²) in [6.07, 6.45) is 0. The standard InChI is InChI=1S/C18H21NOS/c1-13-3-7-15(8-4-13)17-11-21-12-18(19(17)20)16-9-5-14(2)6-10-16/h3-10,17-18,20H,11-12H2,1-2H3/t17-,18+. The minimum Gasteiger partial charge on any atom is -0.313 e. The van der Waals surface area contributed by atoms with Crippen LogP contribution in [0.1, 0.15) is 34.3 Å². The van der Waals surface area contributed by atoms with Crippen LogP contribution in [0.25, 0.3) is 0 Å². The molecule has 2 aromatic carbocycles. The van der Waals surface area contributed by atoms with Crippen molar-refractivity contribution >= 4 is 11.8 Å². The van der Waals surface area contributed by atoms with Crippen LogP contribution in [-0.2, 0) is 0 Å². The quantitative estimate of drug-likeness (QED) is 0.881. The summed E-state index contributed by atoms with van der Waals surface area (Å²) >= 11 is 1.91. The largest absolute Gasteiger partial charge is 0.313 e. The Balaban J connectivity index is 1.84. The molecule has 1 heterocycles. The molecule has 2 atom stereocenters. The zero-order valence-electron chi connectivity index (χ0n) is 12.5. The maximum atomic E-state index is 10.7. The van der Waals surface area contributed by atoms with Crippen LogP contribution >= 0.6 is 11.8 Å². The first-order valence-electron chi connectivity index (χ1n) is 7.33. The molecule has 0 saturated carbocycles. The second-order valence-electron chi connectivity index (χ2n) is 5.77. The molecule has 0 radical (unpaired) electrons. The maximum absolute atomic E-state index is 10.7. The lowest BCUT2D eigenvalue weighted by molar-refractivity contribution is -0.155. The zero-order chi connectivity index (χ0) is 14.8. The molecule has 0 unspecified atom stereocenters. The topological polar surface area (TPSA) is 23.5 Å². The van der Waals surface area contributed by atoms with E-state index >= 15 is 0 Å². The van der Waals surface area contributed by atoms with Crippen LogP contribution in [0.2, 0.25) is 0 Å². The fraction of sp³-hybridized carbons (Fsp3) is 0.333. The normalized spacial score (nSPS) is 23.2. The van der Waals surface area contributed by atoms with Crippen molar-refractivity contribution in [1.29, 1.82) is 0 Å². The van der Waals surface area contributed by atoms with Gasteiger partial charge in [-0.25, -0.2) is 0 Å². The van der Waals surface area contributed by atoms with Crippen molar-refractivity contribution < 1.29 is 5.21 Å². The van der Waals surface area contributed by atoms with E-state index in [1.54, 1.807) is 5.06 Å². The Hall–Kier alpha value is -1.29. The van der Waals surface area contributed by atoms with Gasteiger partial charge in [-0.15, -0.1) is 0 Å². The van der Waals surface area contributed by atoms with Crippen LogP contribution in [0.3, 0.4) is 0 Å². The predicted molar refractivity (Wildman–Crippen MR) is 88.8 cm³/mol. The molecule has 0 aliphatic carbocycles. The molecule has 1 saturated heterocycles. The molecule has 21 heavy (non-hydrogen) atoms. The summed E-state index contributed by atoms with van der Waals surface area (Å²) in [5.74, 6) is 1.86. The van der Waals surface area contributed by atoms with Gasteiger partial charge in [0.1, 0.15) is 0 Å². The third-order valence-electron chi connectivity index (χ3n) is 4.11. The fourth-order valence-corrected chi connectivity index (χ4v) is 4.01. The van der Waals surface area contributed by atoms with Crippen molar-refractivity contribution in [3.63, 3.8) is 0 Å². The Bertz CT molecular complexity index is 540. The van der Waals surface area contributed by atoms with Gasteiger partial charge >= 0.3 is 0 Å². The molecular weight excluding hydrogens is 278 g/mol. The van der Waals surface area contributed by atoms with Gasteiger partial charge in [-0.3, -0.25) is 0 Å². The Labute approximate surface area is 130 Å². The summed E-state index contributed by atoms with van der Waals surface area (Å²) in [7, 11) is 0. The number of hydroxylamine groups is 2. The van der Waals surface area contributed by atoms with Gasteiger partial charge in [-0.2, -0.15) is 16.8 Å². The van der Waals surface area contributed by atoms with E-state index in [1.165, 1.54) is 22.3 Å². The Morgan fingerprint density at radius 2 is 1.19 bits per heavy atom. The molecule has 0 amide bonds. The number of hydrogen-bond donors (Lipinski definition) is 1. The minimum atomic E-state index is 0.0654. The van der Waals surface area contributed by atoms with Gasteiger partial charge in [0.05, 0.1) is 12.1 Å². The molecule has 2 aromatic rings. The second kappa shape index (κ2) is 6.22. The Kier molecular flexibility index (Phi) is 4.34. The van der Waals surface area contributed by atoms with Crippen molar-refractivity contribution in [2.75, 3.05) is 11.5 Å². The molecule has 2 nitrogen and oxygen atoms in total. The maximum Gasteiger partial charge on any atom is 0.0697 e. The Morgan fingerprint density at radius 3 is 1.57 bits per heavy atom. The van der Waals surface area contributed by atoms with Crippen molar-refractivity contribution in [1.82, 2.24) is 5.06 Å². The smallest absolute Gasteiger partial charge is 0.0697 e. The Morgan fingerprint density at radius 1 is 0.810 bits per heavy atom. The molecule has 0 spiro atoms. The number of nitrogens with zero attached hydrogens (tertiary/aromatic N) is 1. The number of thioether (sulfide) groups is 1. The first-order valence-corrected chi connectivity index (χ1v) is 8.49. The van der Waals surface area contributed by atoms with Crippen molar-refractivity contribution in [3.8, 4) is 0 Å². The summed E-state index contributed by atoms with van der Waals surface area (Å²) in [5.41, 5.74) is 4.88. The van der Waals surface area contributed by atoms with E-state index in [4.69, 9.17) is 0 Å². The van der Waals surface area contributed by atoms with E-state index < -0.39 is 0 Å². The number of rotatable bonds is 2. The first kappa shape index (κ1) is 14.6. The molecule has 1 aliphatic rings. The molecule has 3 rings (SSSR count). The zero-order valence-corrected chi connectivity index (χ0v) is 13.3. The highest BCUT2D eigenvalue weighted by molar-refractivity contribution is 7.99. The van der Waals surface area contributed by atoms with Gasteiger partial charge < -0.3 is 5.21 Å². The summed E-state index contributed by atoms with van der Waals surface area (Å²) in [6, 6.07) is 17.1. The van der Waals surface area contributed by atoms with Crippen LogP contribution in [0.15, 0.2) is 48.5 Å². The summed E-state index contributed by atoms with van der Waals surface area (Å²) < 4.78 is 0. The van der Waals surface area contributed by atoms with Gasteiger partial charge in [0.2, 0.25) is 0 Å². The molecule has 110 valence electrons. The van der Waals surface area contributed by atoms with Crippen LogP contribution in [-0.4, -0.2) is 21.8 Å². The lowest BCUT2D eigenvalue weighted by Crippen LogP contribution is -2.36. The van der Waals surface area contributed by atoms with E-state index in [2.05, 4.69) is 62.4 Å². The summed E-state index contributed by atoms with van der Waals surface area (Å²) in [5, 5.41) is 12.2. The summed E-state index contributed by atoms with van der Waals surface area (Å²) in [6.45, 7) is 4.18. The van der Waals surface area contributed by atoms with Crippen LogP contribution in [0, 0.1) is 13.8 Å². The molecular formula is C18H21NOS. The lowest BCUT2D eigenvalue weighted by Gasteiger charge is -2.37. The molecule has 1 N–H and O–H groups in total. The molecule has 1 fully saturated rings. The third kappa shape index (κ3) is 3.15. The van der Waals surface area contributed by atoms with Gasteiger partial charge in [-0.05, 0) is 25.0 Å². The van der Waals surface area contributed by atoms with Crippen molar-refractivity contribution in [2.45, 2.75) is 25.9 Å². The van der Waals surface area contributed by atoms with E-state index in [1.807, 2.05) is 11.8 Å². The van der Waals surface area contributed by atoms with E-state index in [-0.39, 0.29) is 12.1 Å². The first-order chi connectivity index (χ1) is 10.1. The average Bonchev–Trinajstić information content (AvgIpc) is 2.50. The number of aryl methyl sites for hydroxylation is 2. The van der Waals surface area contributed by atoms with Gasteiger partial charge in [0.15, 0.2) is 0 Å². The lowest BCUT2D eigenvalue weighted by atomic mass is 10.0. The van der Waals surface area contributed by atoms with Crippen LogP contribution in [0.4, 0.5) is 0 Å². The van der Waals surface area contributed by atoms with E-state index in [0.717, 1.165) is 11.5 Å². The van der Waals surface area contributed by atoms with Crippen molar-refractivity contribution in [2.24, 2.45) is 0 Å². The molecule has 1 aliphatic heterocycles. The average molecular weight is 299 g/mol. The van der Waals surface area contributed by atoms with Crippen LogP contribution < -0.4 is 0 Å².